The summed E-state index contributed by atoms with van der Waals surface area (Å²) >= 11 is 0. The fourth-order valence-corrected chi connectivity index (χ4v) is 3.87. The fourth-order valence-electron chi connectivity index (χ4n) is 3.87. The van der Waals surface area contributed by atoms with Gasteiger partial charge in [-0.15, -0.1) is 12.4 Å². The second-order valence-electron chi connectivity index (χ2n) is 7.41. The van der Waals surface area contributed by atoms with Crippen molar-refractivity contribution in [3.8, 4) is 5.75 Å². The van der Waals surface area contributed by atoms with Gasteiger partial charge in [0, 0.05) is 32.6 Å². The number of ether oxygens (including phenoxy) is 1. The maximum atomic E-state index is 12.7. The van der Waals surface area contributed by atoms with Crippen LogP contribution in [0.5, 0.6) is 5.75 Å². The lowest BCUT2D eigenvalue weighted by Gasteiger charge is -2.29. The van der Waals surface area contributed by atoms with Crippen molar-refractivity contribution in [1.29, 1.82) is 0 Å². The molecule has 28 heavy (non-hydrogen) atoms. The highest BCUT2D eigenvalue weighted by Gasteiger charge is 2.28. The van der Waals surface area contributed by atoms with Gasteiger partial charge in [0.25, 0.3) is 0 Å². The van der Waals surface area contributed by atoms with Crippen molar-refractivity contribution in [2.45, 2.75) is 44.6 Å². The summed E-state index contributed by atoms with van der Waals surface area (Å²) in [5.74, 6) is 1.22. The van der Waals surface area contributed by atoms with Crippen LogP contribution in [0, 0.1) is 0 Å². The van der Waals surface area contributed by atoms with E-state index < -0.39 is 0 Å². The highest BCUT2D eigenvalue weighted by Crippen LogP contribution is 2.15. The van der Waals surface area contributed by atoms with Crippen LogP contribution in [0.25, 0.3) is 0 Å². The van der Waals surface area contributed by atoms with Gasteiger partial charge in [0.05, 0.1) is 13.2 Å². The standard InChI is InChI=1S/C21H31N3O3.ClH/c1-27-18-9-6-17(7-10-18)8-11-20(25)23-13-4-14-24(16-15-23)21(26)19-5-2-3-12-22-19;/h6-7,9-10,19,22H,2-5,8,11-16H2,1H3;1H. The highest BCUT2D eigenvalue weighted by atomic mass is 35.5. The number of nitrogens with zero attached hydrogens (tertiary/aromatic N) is 2. The summed E-state index contributed by atoms with van der Waals surface area (Å²) in [7, 11) is 1.65. The molecule has 2 fully saturated rings. The van der Waals surface area contributed by atoms with E-state index in [0.29, 0.717) is 19.5 Å². The van der Waals surface area contributed by atoms with E-state index in [0.717, 1.165) is 63.1 Å². The first-order valence-corrected chi connectivity index (χ1v) is 10.1. The van der Waals surface area contributed by atoms with Gasteiger partial charge in [-0.3, -0.25) is 9.59 Å². The molecule has 2 aliphatic rings. The number of carbonyl (C=O) groups excluding carboxylic acids is 2. The molecule has 1 N–H and O–H groups in total. The largest absolute Gasteiger partial charge is 0.497 e. The number of benzene rings is 1. The quantitative estimate of drug-likeness (QED) is 0.810. The number of hydrogen-bond donors (Lipinski definition) is 1. The van der Waals surface area contributed by atoms with Crippen LogP contribution in [0.2, 0.25) is 0 Å². The molecule has 0 bridgehead atoms. The Morgan fingerprint density at radius 3 is 2.43 bits per heavy atom. The van der Waals surface area contributed by atoms with Crippen molar-refractivity contribution in [1.82, 2.24) is 15.1 Å². The van der Waals surface area contributed by atoms with Crippen LogP contribution in [0.3, 0.4) is 0 Å². The van der Waals surface area contributed by atoms with Crippen molar-refractivity contribution < 1.29 is 14.3 Å². The summed E-state index contributed by atoms with van der Waals surface area (Å²) < 4.78 is 5.17. The van der Waals surface area contributed by atoms with Gasteiger partial charge < -0.3 is 19.9 Å². The Morgan fingerprint density at radius 2 is 1.75 bits per heavy atom. The molecule has 2 amide bonds. The molecule has 0 saturated carbocycles. The van der Waals surface area contributed by atoms with Crippen LogP contribution in [-0.2, 0) is 16.0 Å². The van der Waals surface area contributed by atoms with Gasteiger partial charge in [0.15, 0.2) is 0 Å². The Hall–Kier alpha value is -1.79. The molecule has 0 spiro atoms. The third-order valence-electron chi connectivity index (χ3n) is 5.56. The number of nitrogens with one attached hydrogen (secondary N) is 1. The van der Waals surface area contributed by atoms with Crippen molar-refractivity contribution in [2.75, 3.05) is 39.8 Å². The smallest absolute Gasteiger partial charge is 0.239 e. The third kappa shape index (κ3) is 6.11. The lowest BCUT2D eigenvalue weighted by atomic mass is 10.0. The number of rotatable bonds is 5. The fraction of sp³-hybridized carbons (Fsp3) is 0.619. The maximum absolute atomic E-state index is 12.7. The predicted octanol–water partition coefficient (Wildman–Crippen LogP) is 2.25. The van der Waals surface area contributed by atoms with E-state index in [1.54, 1.807) is 7.11 Å². The number of carbonyl (C=O) groups is 2. The normalized spacial score (nSPS) is 20.1. The van der Waals surface area contributed by atoms with Gasteiger partial charge in [0.1, 0.15) is 5.75 Å². The van der Waals surface area contributed by atoms with E-state index >= 15 is 0 Å². The SMILES string of the molecule is COc1ccc(CCC(=O)N2CCCN(C(=O)C3CCCCN3)CC2)cc1.Cl. The first kappa shape index (κ1) is 22.5. The minimum atomic E-state index is -0.0314. The Balaban J connectivity index is 0.00000280. The molecule has 1 aromatic rings. The second kappa shape index (κ2) is 11.3. The number of halogens is 1. The van der Waals surface area contributed by atoms with Crippen molar-refractivity contribution in [3.63, 3.8) is 0 Å². The molecule has 0 radical (unpaired) electrons. The zero-order chi connectivity index (χ0) is 19.1. The monoisotopic (exact) mass is 409 g/mol. The minimum Gasteiger partial charge on any atom is -0.497 e. The van der Waals surface area contributed by atoms with Crippen LogP contribution in [0.1, 0.15) is 37.7 Å². The van der Waals surface area contributed by atoms with Crippen LogP contribution < -0.4 is 10.1 Å². The molecule has 6 nitrogen and oxygen atoms in total. The lowest BCUT2D eigenvalue weighted by molar-refractivity contribution is -0.135. The van der Waals surface area contributed by atoms with E-state index in [4.69, 9.17) is 4.74 Å². The molecule has 2 aliphatic heterocycles. The van der Waals surface area contributed by atoms with Crippen LogP contribution in [-0.4, -0.2) is 67.5 Å². The molecule has 0 aromatic heterocycles. The average Bonchev–Trinajstić information content (AvgIpc) is 2.99. The molecule has 0 aliphatic carbocycles. The van der Waals surface area contributed by atoms with E-state index in [1.807, 2.05) is 34.1 Å². The summed E-state index contributed by atoms with van der Waals surface area (Å²) in [5, 5.41) is 3.34. The van der Waals surface area contributed by atoms with Crippen LogP contribution >= 0.6 is 12.4 Å². The molecule has 1 unspecified atom stereocenters. The van der Waals surface area contributed by atoms with E-state index in [1.165, 1.54) is 0 Å². The van der Waals surface area contributed by atoms with Crippen molar-refractivity contribution in [3.05, 3.63) is 29.8 Å². The van der Waals surface area contributed by atoms with E-state index in [-0.39, 0.29) is 30.3 Å². The van der Waals surface area contributed by atoms with E-state index in [2.05, 4.69) is 5.32 Å². The zero-order valence-corrected chi connectivity index (χ0v) is 17.5. The first-order chi connectivity index (χ1) is 13.2. The molecule has 2 heterocycles. The van der Waals surface area contributed by atoms with E-state index in [9.17, 15) is 9.59 Å². The Kier molecular flexibility index (Phi) is 9.06. The second-order valence-corrected chi connectivity index (χ2v) is 7.41. The maximum Gasteiger partial charge on any atom is 0.239 e. The Labute approximate surface area is 174 Å². The number of amides is 2. The Bertz CT molecular complexity index is 632. The number of piperidine rings is 1. The predicted molar refractivity (Wildman–Crippen MR) is 112 cm³/mol. The molecule has 1 atom stereocenters. The number of methoxy groups -OCH3 is 1. The summed E-state index contributed by atoms with van der Waals surface area (Å²) in [4.78, 5) is 29.2. The highest BCUT2D eigenvalue weighted by molar-refractivity contribution is 5.85. The van der Waals surface area contributed by atoms with Gasteiger partial charge in [-0.2, -0.15) is 0 Å². The molecule has 156 valence electrons. The average molecular weight is 410 g/mol. The molecule has 1 aromatic carbocycles. The van der Waals surface area contributed by atoms with Crippen molar-refractivity contribution in [2.24, 2.45) is 0 Å². The summed E-state index contributed by atoms with van der Waals surface area (Å²) in [6, 6.07) is 7.83. The van der Waals surface area contributed by atoms with Gasteiger partial charge in [-0.25, -0.2) is 0 Å². The summed E-state index contributed by atoms with van der Waals surface area (Å²) in [5.41, 5.74) is 1.14. The van der Waals surface area contributed by atoms with Crippen LogP contribution in [0.4, 0.5) is 0 Å². The lowest BCUT2D eigenvalue weighted by Crippen LogP contribution is -2.49. The first-order valence-electron chi connectivity index (χ1n) is 10.1. The molecular formula is C21H32ClN3O3. The molecule has 2 saturated heterocycles. The van der Waals surface area contributed by atoms with Gasteiger partial charge in [-0.05, 0) is 49.9 Å². The molecule has 7 heteroatoms. The van der Waals surface area contributed by atoms with Gasteiger partial charge in [-0.1, -0.05) is 18.6 Å². The number of aryl methyl sites for hydroxylation is 1. The topological polar surface area (TPSA) is 61.9 Å². The van der Waals surface area contributed by atoms with Crippen LogP contribution in [0.15, 0.2) is 24.3 Å². The molecule has 3 rings (SSSR count). The summed E-state index contributed by atoms with van der Waals surface area (Å²) in [6.07, 6.45) is 5.29. The minimum absolute atomic E-state index is 0. The zero-order valence-electron chi connectivity index (χ0n) is 16.7. The molecular weight excluding hydrogens is 378 g/mol. The van der Waals surface area contributed by atoms with Crippen molar-refractivity contribution >= 4 is 24.2 Å². The number of hydrogen-bond acceptors (Lipinski definition) is 4. The third-order valence-corrected chi connectivity index (χ3v) is 5.56. The Morgan fingerprint density at radius 1 is 1.04 bits per heavy atom. The van der Waals surface area contributed by atoms with Gasteiger partial charge in [0.2, 0.25) is 11.8 Å². The summed E-state index contributed by atoms with van der Waals surface area (Å²) in [6.45, 7) is 3.70. The van der Waals surface area contributed by atoms with Gasteiger partial charge >= 0.3 is 0 Å².